The molecular weight excluding hydrogens is 475 g/mol. The minimum atomic E-state index is -0.610. The summed E-state index contributed by atoms with van der Waals surface area (Å²) in [7, 11) is 1.60. The number of nitrogens with one attached hydrogen (secondary N) is 1. The lowest BCUT2D eigenvalue weighted by atomic mass is 9.95. The summed E-state index contributed by atoms with van der Waals surface area (Å²) in [5.74, 6) is 0.668. The van der Waals surface area contributed by atoms with Crippen molar-refractivity contribution in [2.24, 2.45) is 0 Å². The van der Waals surface area contributed by atoms with Gasteiger partial charge in [0.05, 0.1) is 12.1 Å². The van der Waals surface area contributed by atoms with Gasteiger partial charge in [0.15, 0.2) is 6.61 Å². The molecule has 1 fully saturated rings. The van der Waals surface area contributed by atoms with Gasteiger partial charge in [-0.1, -0.05) is 61.5 Å². The van der Waals surface area contributed by atoms with Crippen molar-refractivity contribution < 1.29 is 19.1 Å². The van der Waals surface area contributed by atoms with Crippen molar-refractivity contribution in [3.63, 3.8) is 0 Å². The number of benzene rings is 2. The van der Waals surface area contributed by atoms with Gasteiger partial charge in [0.25, 0.3) is 5.91 Å². The Labute approximate surface area is 211 Å². The summed E-state index contributed by atoms with van der Waals surface area (Å²) in [6.07, 6.45) is 5.88. The Balaban J connectivity index is 1.77. The van der Waals surface area contributed by atoms with E-state index < -0.39 is 6.04 Å². The van der Waals surface area contributed by atoms with Crippen LogP contribution in [0.1, 0.15) is 51.0 Å². The van der Waals surface area contributed by atoms with Crippen molar-refractivity contribution in [2.45, 2.75) is 64.1 Å². The van der Waals surface area contributed by atoms with Crippen molar-refractivity contribution >= 4 is 35.0 Å². The van der Waals surface area contributed by atoms with Gasteiger partial charge in [0, 0.05) is 17.6 Å². The van der Waals surface area contributed by atoms with Gasteiger partial charge >= 0.3 is 0 Å². The number of amides is 2. The molecule has 1 aliphatic carbocycles. The van der Waals surface area contributed by atoms with Gasteiger partial charge in [0.1, 0.15) is 17.5 Å². The molecule has 2 aromatic rings. The molecule has 1 saturated carbocycles. The number of hydrogen-bond donors (Lipinski definition) is 1. The zero-order chi connectivity index (χ0) is 24.5. The van der Waals surface area contributed by atoms with Crippen LogP contribution in [0, 0.1) is 0 Å². The molecule has 0 spiro atoms. The first kappa shape index (κ1) is 26.2. The quantitative estimate of drug-likeness (QED) is 0.452. The first-order chi connectivity index (χ1) is 16.4. The normalized spacial score (nSPS) is 14.8. The highest BCUT2D eigenvalue weighted by atomic mass is 35.5. The molecule has 3 rings (SSSR count). The lowest BCUT2D eigenvalue weighted by Crippen LogP contribution is -2.52. The Kier molecular flexibility index (Phi) is 9.90. The van der Waals surface area contributed by atoms with E-state index in [0.717, 1.165) is 37.0 Å². The van der Waals surface area contributed by atoms with Crippen LogP contribution in [0.25, 0.3) is 0 Å². The van der Waals surface area contributed by atoms with E-state index in [4.69, 9.17) is 32.7 Å². The zero-order valence-corrected chi connectivity index (χ0v) is 21.2. The van der Waals surface area contributed by atoms with Crippen molar-refractivity contribution in [2.75, 3.05) is 13.7 Å². The summed E-state index contributed by atoms with van der Waals surface area (Å²) in [6, 6.07) is 11.8. The Morgan fingerprint density at radius 1 is 1.09 bits per heavy atom. The standard InChI is InChI=1S/C26H32Cl2N2O4/c1-3-23(26(32)29-20-7-5-4-6-8-20)30(16-18-9-12-21(33-2)13-10-18)25(31)17-34-24-14-11-19(27)15-22(24)28/h9-15,20,23H,3-8,16-17H2,1-2H3,(H,29,32)/t23-/m1/s1. The highest BCUT2D eigenvalue weighted by molar-refractivity contribution is 6.35. The van der Waals surface area contributed by atoms with Gasteiger partial charge in [-0.25, -0.2) is 0 Å². The molecule has 6 nitrogen and oxygen atoms in total. The van der Waals surface area contributed by atoms with E-state index in [9.17, 15) is 9.59 Å². The molecule has 1 N–H and O–H groups in total. The van der Waals surface area contributed by atoms with Crippen LogP contribution < -0.4 is 14.8 Å². The first-order valence-electron chi connectivity index (χ1n) is 11.7. The van der Waals surface area contributed by atoms with Crippen LogP contribution in [-0.4, -0.2) is 42.5 Å². The molecule has 1 aliphatic rings. The zero-order valence-electron chi connectivity index (χ0n) is 19.7. The van der Waals surface area contributed by atoms with E-state index >= 15 is 0 Å². The fourth-order valence-electron chi connectivity index (χ4n) is 4.21. The van der Waals surface area contributed by atoms with E-state index in [1.165, 1.54) is 6.42 Å². The minimum Gasteiger partial charge on any atom is -0.497 e. The summed E-state index contributed by atoms with van der Waals surface area (Å²) in [4.78, 5) is 28.2. The predicted molar refractivity (Wildman–Crippen MR) is 135 cm³/mol. The molecule has 0 radical (unpaired) electrons. The van der Waals surface area contributed by atoms with E-state index in [-0.39, 0.29) is 31.0 Å². The van der Waals surface area contributed by atoms with Crippen molar-refractivity contribution in [3.8, 4) is 11.5 Å². The number of carbonyl (C=O) groups is 2. The summed E-state index contributed by atoms with van der Waals surface area (Å²) in [6.45, 7) is 1.94. The van der Waals surface area contributed by atoms with E-state index in [0.29, 0.717) is 22.2 Å². The third-order valence-electron chi connectivity index (χ3n) is 6.09. The highest BCUT2D eigenvalue weighted by Gasteiger charge is 2.30. The SMILES string of the molecule is CC[C@H](C(=O)NC1CCCCC1)N(Cc1ccc(OC)cc1)C(=O)COc1ccc(Cl)cc1Cl. The average Bonchev–Trinajstić information content (AvgIpc) is 2.84. The topological polar surface area (TPSA) is 67.9 Å². The third-order valence-corrected chi connectivity index (χ3v) is 6.62. The molecule has 0 unspecified atom stereocenters. The summed E-state index contributed by atoms with van der Waals surface area (Å²) < 4.78 is 10.9. The van der Waals surface area contributed by atoms with Gasteiger partial charge in [-0.15, -0.1) is 0 Å². The highest BCUT2D eigenvalue weighted by Crippen LogP contribution is 2.28. The predicted octanol–water partition coefficient (Wildman–Crippen LogP) is 5.64. The molecular formula is C26H32Cl2N2O4. The molecule has 2 amide bonds. The Hall–Kier alpha value is -2.44. The Morgan fingerprint density at radius 2 is 1.79 bits per heavy atom. The molecule has 0 aromatic heterocycles. The number of nitrogens with zero attached hydrogens (tertiary/aromatic N) is 1. The summed E-state index contributed by atoms with van der Waals surface area (Å²) in [5, 5.41) is 3.97. The maximum atomic E-state index is 13.3. The van der Waals surface area contributed by atoms with E-state index in [1.54, 1.807) is 30.2 Å². The number of carbonyl (C=O) groups excluding carboxylic acids is 2. The molecule has 1 atom stereocenters. The van der Waals surface area contributed by atoms with Crippen molar-refractivity contribution in [3.05, 3.63) is 58.1 Å². The lowest BCUT2D eigenvalue weighted by Gasteiger charge is -2.32. The average molecular weight is 507 g/mol. The van der Waals surface area contributed by atoms with E-state index in [2.05, 4.69) is 5.32 Å². The smallest absolute Gasteiger partial charge is 0.261 e. The Morgan fingerprint density at radius 3 is 2.41 bits per heavy atom. The minimum absolute atomic E-state index is 0.124. The van der Waals surface area contributed by atoms with Crippen LogP contribution in [0.3, 0.4) is 0 Å². The molecule has 2 aromatic carbocycles. The number of rotatable bonds is 10. The van der Waals surface area contributed by atoms with Crippen molar-refractivity contribution in [1.82, 2.24) is 10.2 Å². The Bertz CT molecular complexity index is 962. The van der Waals surface area contributed by atoms with Gasteiger partial charge < -0.3 is 19.7 Å². The second-order valence-electron chi connectivity index (χ2n) is 8.50. The monoisotopic (exact) mass is 506 g/mol. The van der Waals surface area contributed by atoms with Crippen LogP contribution in [0.2, 0.25) is 10.0 Å². The maximum absolute atomic E-state index is 13.3. The summed E-state index contributed by atoms with van der Waals surface area (Å²) >= 11 is 12.1. The number of halogens is 2. The van der Waals surface area contributed by atoms with Gasteiger partial charge in [0.2, 0.25) is 5.91 Å². The second-order valence-corrected chi connectivity index (χ2v) is 9.34. The molecule has 0 saturated heterocycles. The third kappa shape index (κ3) is 7.28. The van der Waals surface area contributed by atoms with Crippen LogP contribution >= 0.6 is 23.2 Å². The van der Waals surface area contributed by atoms with E-state index in [1.807, 2.05) is 31.2 Å². The lowest BCUT2D eigenvalue weighted by molar-refractivity contribution is -0.143. The number of ether oxygens (including phenoxy) is 2. The number of methoxy groups -OCH3 is 1. The fourth-order valence-corrected chi connectivity index (χ4v) is 4.67. The van der Waals surface area contributed by atoms with Crippen molar-refractivity contribution in [1.29, 1.82) is 0 Å². The molecule has 0 bridgehead atoms. The molecule has 34 heavy (non-hydrogen) atoms. The van der Waals surface area contributed by atoms with Gasteiger partial charge in [-0.05, 0) is 55.2 Å². The molecule has 8 heteroatoms. The summed E-state index contributed by atoms with van der Waals surface area (Å²) in [5.41, 5.74) is 0.891. The maximum Gasteiger partial charge on any atom is 0.261 e. The molecule has 0 heterocycles. The van der Waals surface area contributed by atoms with Crippen LogP contribution in [-0.2, 0) is 16.1 Å². The second kappa shape index (κ2) is 12.9. The van der Waals surface area contributed by atoms with Gasteiger partial charge in [-0.2, -0.15) is 0 Å². The largest absolute Gasteiger partial charge is 0.497 e. The fraction of sp³-hybridized carbons (Fsp3) is 0.462. The first-order valence-corrected chi connectivity index (χ1v) is 12.5. The van der Waals surface area contributed by atoms with Crippen LogP contribution in [0.15, 0.2) is 42.5 Å². The van der Waals surface area contributed by atoms with Crippen LogP contribution in [0.5, 0.6) is 11.5 Å². The van der Waals surface area contributed by atoms with Crippen LogP contribution in [0.4, 0.5) is 0 Å². The molecule has 184 valence electrons. The van der Waals surface area contributed by atoms with Gasteiger partial charge in [-0.3, -0.25) is 9.59 Å². The number of hydrogen-bond acceptors (Lipinski definition) is 4. The molecule has 0 aliphatic heterocycles.